The lowest BCUT2D eigenvalue weighted by atomic mass is 10.2. The Morgan fingerprint density at radius 1 is 1.04 bits per heavy atom. The van der Waals surface area contributed by atoms with E-state index in [0.717, 1.165) is 26.5 Å². The molecular formula is C16H10BrClN4S. The van der Waals surface area contributed by atoms with Gasteiger partial charge in [0.1, 0.15) is 0 Å². The van der Waals surface area contributed by atoms with E-state index in [4.69, 9.17) is 11.6 Å². The highest BCUT2D eigenvalue weighted by Crippen LogP contribution is 2.33. The van der Waals surface area contributed by atoms with Crippen molar-refractivity contribution >= 4 is 45.0 Å². The first-order valence-corrected chi connectivity index (χ1v) is 8.87. The maximum atomic E-state index is 6.29. The van der Waals surface area contributed by atoms with Crippen molar-refractivity contribution in [2.24, 2.45) is 0 Å². The van der Waals surface area contributed by atoms with Crippen molar-refractivity contribution in [2.75, 3.05) is 5.43 Å². The molecule has 0 spiro atoms. The first-order valence-electron chi connectivity index (χ1n) is 6.82. The Kier molecular flexibility index (Phi) is 3.88. The standard InChI is InChI=1S/C16H10BrClN4S/c17-11-7-5-10(6-8-11)14-9-23-16-20-19-15(22(16)21-14)12-3-1-2-4-13(12)18/h1-9,21H. The topological polar surface area (TPSA) is 42.7 Å². The second-order valence-corrected chi connectivity index (χ2v) is 7.05. The SMILES string of the molecule is Clc1ccccc1-c1nnc2n1NC(c1ccc(Br)cc1)=CS2. The molecule has 1 aliphatic heterocycles. The Labute approximate surface area is 150 Å². The molecule has 3 aromatic rings. The second kappa shape index (κ2) is 6.03. The van der Waals surface area contributed by atoms with Gasteiger partial charge in [-0.25, -0.2) is 4.68 Å². The van der Waals surface area contributed by atoms with Gasteiger partial charge in [-0.3, -0.25) is 5.43 Å². The molecule has 114 valence electrons. The summed E-state index contributed by atoms with van der Waals surface area (Å²) in [4.78, 5) is 0. The van der Waals surface area contributed by atoms with Crippen LogP contribution in [0.25, 0.3) is 17.1 Å². The summed E-state index contributed by atoms with van der Waals surface area (Å²) in [6.45, 7) is 0. The van der Waals surface area contributed by atoms with Crippen LogP contribution in [0, 0.1) is 0 Å². The van der Waals surface area contributed by atoms with Crippen LogP contribution in [0.1, 0.15) is 5.56 Å². The normalized spacial score (nSPS) is 13.2. The van der Waals surface area contributed by atoms with Crippen molar-refractivity contribution in [1.29, 1.82) is 0 Å². The van der Waals surface area contributed by atoms with Crippen LogP contribution in [-0.4, -0.2) is 14.9 Å². The lowest BCUT2D eigenvalue weighted by Crippen LogP contribution is -2.18. The fraction of sp³-hybridized carbons (Fsp3) is 0. The molecule has 2 heterocycles. The number of rotatable bonds is 2. The smallest absolute Gasteiger partial charge is 0.214 e. The fourth-order valence-corrected chi connectivity index (χ4v) is 3.51. The zero-order valence-corrected chi connectivity index (χ0v) is 14.9. The summed E-state index contributed by atoms with van der Waals surface area (Å²) in [6.07, 6.45) is 0. The van der Waals surface area contributed by atoms with Crippen molar-refractivity contribution in [1.82, 2.24) is 14.9 Å². The number of hydrogen-bond acceptors (Lipinski definition) is 4. The van der Waals surface area contributed by atoms with Crippen LogP contribution in [0.2, 0.25) is 5.02 Å². The highest BCUT2D eigenvalue weighted by molar-refractivity contribution is 9.10. The van der Waals surface area contributed by atoms with E-state index < -0.39 is 0 Å². The number of nitrogens with one attached hydrogen (secondary N) is 1. The molecule has 0 radical (unpaired) electrons. The Balaban J connectivity index is 1.73. The summed E-state index contributed by atoms with van der Waals surface area (Å²) in [5.41, 5.74) is 6.29. The van der Waals surface area contributed by atoms with E-state index in [2.05, 4.69) is 31.6 Å². The molecule has 0 amide bonds. The average molecular weight is 406 g/mol. The lowest BCUT2D eigenvalue weighted by Gasteiger charge is -2.19. The largest absolute Gasteiger partial charge is 0.289 e. The maximum absolute atomic E-state index is 6.29. The zero-order chi connectivity index (χ0) is 15.8. The predicted molar refractivity (Wildman–Crippen MR) is 97.8 cm³/mol. The Hall–Kier alpha value is -1.76. The molecule has 0 fully saturated rings. The van der Waals surface area contributed by atoms with Crippen LogP contribution in [0.5, 0.6) is 0 Å². The minimum absolute atomic E-state index is 0.647. The van der Waals surface area contributed by atoms with Crippen LogP contribution in [-0.2, 0) is 0 Å². The van der Waals surface area contributed by atoms with Crippen LogP contribution in [0.15, 0.2) is 63.6 Å². The number of hydrogen-bond donors (Lipinski definition) is 1. The van der Waals surface area contributed by atoms with E-state index in [-0.39, 0.29) is 0 Å². The number of benzene rings is 2. The molecule has 7 heteroatoms. The number of aromatic nitrogens is 3. The molecule has 2 aromatic carbocycles. The molecule has 0 unspecified atom stereocenters. The van der Waals surface area contributed by atoms with Crippen LogP contribution < -0.4 is 5.43 Å². The number of nitrogens with zero attached hydrogens (tertiary/aromatic N) is 3. The van der Waals surface area contributed by atoms with Gasteiger partial charge >= 0.3 is 0 Å². The third-order valence-corrected chi connectivity index (χ3v) is 5.10. The van der Waals surface area contributed by atoms with Crippen molar-refractivity contribution in [2.45, 2.75) is 5.16 Å². The van der Waals surface area contributed by atoms with Crippen molar-refractivity contribution in [3.8, 4) is 11.4 Å². The van der Waals surface area contributed by atoms with E-state index in [1.165, 1.54) is 11.8 Å². The summed E-state index contributed by atoms with van der Waals surface area (Å²) in [5, 5.41) is 12.0. The predicted octanol–water partition coefficient (Wildman–Crippen LogP) is 5.01. The van der Waals surface area contributed by atoms with Crippen LogP contribution >= 0.6 is 39.3 Å². The summed E-state index contributed by atoms with van der Waals surface area (Å²) in [6, 6.07) is 15.7. The van der Waals surface area contributed by atoms with Crippen molar-refractivity contribution in [3.05, 3.63) is 69.0 Å². The number of halogens is 2. The molecule has 1 N–H and O–H groups in total. The second-order valence-electron chi connectivity index (χ2n) is 4.89. The molecule has 0 saturated carbocycles. The summed E-state index contributed by atoms with van der Waals surface area (Å²) in [5.74, 6) is 0.695. The van der Waals surface area contributed by atoms with E-state index in [0.29, 0.717) is 10.8 Å². The first-order chi connectivity index (χ1) is 11.2. The van der Waals surface area contributed by atoms with Gasteiger partial charge in [0.25, 0.3) is 0 Å². The molecule has 4 rings (SSSR count). The van der Waals surface area contributed by atoms with Gasteiger partial charge in [-0.1, -0.05) is 63.6 Å². The van der Waals surface area contributed by atoms with Crippen molar-refractivity contribution < 1.29 is 0 Å². The molecule has 4 nitrogen and oxygen atoms in total. The van der Waals surface area contributed by atoms with E-state index in [1.54, 1.807) is 0 Å². The molecular weight excluding hydrogens is 396 g/mol. The molecule has 1 aliphatic rings. The van der Waals surface area contributed by atoms with Gasteiger partial charge in [-0.15, -0.1) is 10.2 Å². The minimum Gasteiger partial charge on any atom is -0.289 e. The Bertz CT molecular complexity index is 905. The van der Waals surface area contributed by atoms with E-state index >= 15 is 0 Å². The molecule has 0 aliphatic carbocycles. The Morgan fingerprint density at radius 3 is 2.61 bits per heavy atom. The fourth-order valence-electron chi connectivity index (χ4n) is 2.28. The maximum Gasteiger partial charge on any atom is 0.214 e. The summed E-state index contributed by atoms with van der Waals surface area (Å²) in [7, 11) is 0. The van der Waals surface area contributed by atoms with Crippen LogP contribution in [0.4, 0.5) is 0 Å². The van der Waals surface area contributed by atoms with Gasteiger partial charge in [0.15, 0.2) is 5.82 Å². The third kappa shape index (κ3) is 2.78. The minimum atomic E-state index is 0.647. The van der Waals surface area contributed by atoms with Crippen LogP contribution in [0.3, 0.4) is 0 Å². The number of thioether (sulfide) groups is 1. The van der Waals surface area contributed by atoms with E-state index in [1.807, 2.05) is 58.6 Å². The van der Waals surface area contributed by atoms with Gasteiger partial charge in [0.2, 0.25) is 5.16 Å². The molecule has 0 bridgehead atoms. The zero-order valence-electron chi connectivity index (χ0n) is 11.7. The molecule has 1 aromatic heterocycles. The van der Waals surface area contributed by atoms with Gasteiger partial charge in [0, 0.05) is 21.0 Å². The van der Waals surface area contributed by atoms with Gasteiger partial charge in [-0.2, -0.15) is 0 Å². The average Bonchev–Trinajstić information content (AvgIpc) is 2.99. The number of fused-ring (bicyclic) bond motifs is 1. The quantitative estimate of drug-likeness (QED) is 0.651. The Morgan fingerprint density at radius 2 is 1.83 bits per heavy atom. The first kappa shape index (κ1) is 14.8. The van der Waals surface area contributed by atoms with Gasteiger partial charge < -0.3 is 0 Å². The third-order valence-electron chi connectivity index (χ3n) is 3.42. The monoisotopic (exact) mass is 404 g/mol. The highest BCUT2D eigenvalue weighted by Gasteiger charge is 2.20. The molecule has 0 saturated heterocycles. The highest BCUT2D eigenvalue weighted by atomic mass is 79.9. The summed E-state index contributed by atoms with van der Waals surface area (Å²) >= 11 is 11.3. The van der Waals surface area contributed by atoms with Crippen molar-refractivity contribution in [3.63, 3.8) is 0 Å². The van der Waals surface area contributed by atoms with Gasteiger partial charge in [-0.05, 0) is 24.3 Å². The summed E-state index contributed by atoms with van der Waals surface area (Å²) < 4.78 is 2.91. The lowest BCUT2D eigenvalue weighted by molar-refractivity contribution is 0.826. The van der Waals surface area contributed by atoms with Gasteiger partial charge in [0.05, 0.1) is 10.7 Å². The molecule has 23 heavy (non-hydrogen) atoms. The molecule has 0 atom stereocenters. The van der Waals surface area contributed by atoms with E-state index in [9.17, 15) is 0 Å².